The Kier molecular flexibility index (Phi) is 8.54. The first kappa shape index (κ1) is 29.2. The summed E-state index contributed by atoms with van der Waals surface area (Å²) in [4.78, 5) is 12.9. The van der Waals surface area contributed by atoms with Crippen molar-refractivity contribution in [2.24, 2.45) is 5.92 Å². The Morgan fingerprint density at radius 1 is 1.08 bits per heavy atom. The van der Waals surface area contributed by atoms with Crippen LogP contribution < -0.4 is 9.47 Å². The Labute approximate surface area is 224 Å². The van der Waals surface area contributed by atoms with Crippen LogP contribution in [0.2, 0.25) is 0 Å². The van der Waals surface area contributed by atoms with Crippen LogP contribution in [0, 0.1) is 5.92 Å². The number of hydrogen-bond acceptors (Lipinski definition) is 13. The minimum absolute atomic E-state index is 0.188. The van der Waals surface area contributed by atoms with Gasteiger partial charge in [0.1, 0.15) is 35.6 Å². The molecule has 1 aromatic rings. The zero-order chi connectivity index (χ0) is 28.5. The van der Waals surface area contributed by atoms with E-state index in [4.69, 9.17) is 28.4 Å². The van der Waals surface area contributed by atoms with E-state index < -0.39 is 72.8 Å². The highest BCUT2D eigenvalue weighted by atomic mass is 16.8. The van der Waals surface area contributed by atoms with Crippen LogP contribution in [0.5, 0.6) is 11.5 Å². The normalized spacial score (nSPS) is 39.7. The standard InChI is InChI=1S/C26H34O13/c1-25(39-18(29)7-5-13-4-6-14(34-2)15(10-13)35-3)11-17(28)26(33)8-9-36-24(22(25)26)38-23-21(32)20(31)19(30)16(12-27)37-23/h4-10,16-17,19-24,27-28,30-33H,11-12H2,1-3H3/t16-,17-,19-,20+,21-,22-,23+,24+,25+,26-/m1/s1. The maximum absolute atomic E-state index is 12.9. The molecule has 0 bridgehead atoms. The summed E-state index contributed by atoms with van der Waals surface area (Å²) in [5.74, 6) is -1.02. The van der Waals surface area contributed by atoms with E-state index in [9.17, 15) is 35.4 Å². The van der Waals surface area contributed by atoms with Crippen LogP contribution in [0.4, 0.5) is 0 Å². The summed E-state index contributed by atoms with van der Waals surface area (Å²) in [5, 5.41) is 62.1. The molecule has 1 aromatic carbocycles. The second-order valence-corrected chi connectivity index (χ2v) is 9.91. The predicted molar refractivity (Wildman–Crippen MR) is 131 cm³/mol. The molecule has 13 nitrogen and oxygen atoms in total. The molecule has 216 valence electrons. The largest absolute Gasteiger partial charge is 0.493 e. The minimum Gasteiger partial charge on any atom is -0.493 e. The quantitative estimate of drug-likeness (QED) is 0.166. The van der Waals surface area contributed by atoms with Crippen molar-refractivity contribution in [1.82, 2.24) is 0 Å². The molecule has 10 atom stereocenters. The van der Waals surface area contributed by atoms with Gasteiger partial charge in [-0.25, -0.2) is 4.79 Å². The van der Waals surface area contributed by atoms with Crippen molar-refractivity contribution in [3.63, 3.8) is 0 Å². The van der Waals surface area contributed by atoms with Gasteiger partial charge in [-0.1, -0.05) is 6.07 Å². The van der Waals surface area contributed by atoms with E-state index in [1.54, 1.807) is 18.2 Å². The molecule has 4 rings (SSSR count). The van der Waals surface area contributed by atoms with Gasteiger partial charge in [0, 0.05) is 12.5 Å². The Morgan fingerprint density at radius 3 is 2.46 bits per heavy atom. The third-order valence-electron chi connectivity index (χ3n) is 7.38. The fourth-order valence-electron chi connectivity index (χ4n) is 5.31. The average Bonchev–Trinajstić information content (AvgIpc) is 3.12. The molecule has 3 aliphatic rings. The summed E-state index contributed by atoms with van der Waals surface area (Å²) in [7, 11) is 2.98. The van der Waals surface area contributed by atoms with Crippen LogP contribution in [-0.4, -0.2) is 112 Å². The lowest BCUT2D eigenvalue weighted by Crippen LogP contribution is -2.62. The molecule has 2 heterocycles. The number of methoxy groups -OCH3 is 2. The Bertz CT molecular complexity index is 1090. The zero-order valence-corrected chi connectivity index (χ0v) is 21.6. The average molecular weight is 555 g/mol. The second kappa shape index (κ2) is 11.4. The van der Waals surface area contributed by atoms with Gasteiger partial charge in [0.15, 0.2) is 17.8 Å². The van der Waals surface area contributed by atoms with Gasteiger partial charge in [-0.2, -0.15) is 0 Å². The number of fused-ring (bicyclic) bond motifs is 1. The fraction of sp³-hybridized carbons (Fsp3) is 0.577. The summed E-state index contributed by atoms with van der Waals surface area (Å²) in [6.07, 6.45) is -5.93. The lowest BCUT2D eigenvalue weighted by atomic mass is 9.81. The van der Waals surface area contributed by atoms with Crippen LogP contribution >= 0.6 is 0 Å². The van der Waals surface area contributed by atoms with Crippen LogP contribution in [0.1, 0.15) is 18.9 Å². The number of benzene rings is 1. The lowest BCUT2D eigenvalue weighted by Gasteiger charge is -2.45. The van der Waals surface area contributed by atoms with Gasteiger partial charge in [-0.15, -0.1) is 0 Å². The Morgan fingerprint density at radius 2 is 1.79 bits per heavy atom. The maximum atomic E-state index is 12.9. The van der Waals surface area contributed by atoms with Crippen molar-refractivity contribution in [1.29, 1.82) is 0 Å². The molecular formula is C26H34O13. The summed E-state index contributed by atoms with van der Waals surface area (Å²) in [6.45, 7) is 0.817. The molecule has 1 saturated heterocycles. The molecule has 0 aromatic heterocycles. The molecule has 0 spiro atoms. The molecule has 1 saturated carbocycles. The predicted octanol–water partition coefficient (Wildman–Crippen LogP) is -1.18. The molecule has 2 fully saturated rings. The van der Waals surface area contributed by atoms with Crippen LogP contribution in [0.25, 0.3) is 6.08 Å². The van der Waals surface area contributed by atoms with Crippen molar-refractivity contribution in [2.75, 3.05) is 20.8 Å². The number of esters is 1. The van der Waals surface area contributed by atoms with Gasteiger partial charge < -0.3 is 59.1 Å². The van der Waals surface area contributed by atoms with Gasteiger partial charge in [-0.3, -0.25) is 0 Å². The molecule has 39 heavy (non-hydrogen) atoms. The fourth-order valence-corrected chi connectivity index (χ4v) is 5.31. The van der Waals surface area contributed by atoms with E-state index in [0.717, 1.165) is 6.26 Å². The first-order valence-electron chi connectivity index (χ1n) is 12.3. The van der Waals surface area contributed by atoms with Crippen LogP contribution in [0.3, 0.4) is 0 Å². The molecule has 0 amide bonds. The molecule has 2 aliphatic heterocycles. The molecule has 13 heteroatoms. The monoisotopic (exact) mass is 554 g/mol. The van der Waals surface area contributed by atoms with E-state index in [2.05, 4.69) is 0 Å². The smallest absolute Gasteiger partial charge is 0.331 e. The Balaban J connectivity index is 1.54. The summed E-state index contributed by atoms with van der Waals surface area (Å²) in [5.41, 5.74) is -2.86. The third-order valence-corrected chi connectivity index (χ3v) is 7.38. The summed E-state index contributed by atoms with van der Waals surface area (Å²) < 4.78 is 32.9. The zero-order valence-electron chi connectivity index (χ0n) is 21.6. The highest BCUT2D eigenvalue weighted by Crippen LogP contribution is 2.51. The summed E-state index contributed by atoms with van der Waals surface area (Å²) >= 11 is 0. The lowest BCUT2D eigenvalue weighted by molar-refractivity contribution is -0.351. The molecule has 0 radical (unpaired) electrons. The van der Waals surface area contributed by atoms with Gasteiger partial charge in [0.2, 0.25) is 6.29 Å². The third kappa shape index (κ3) is 5.49. The van der Waals surface area contributed by atoms with Crippen molar-refractivity contribution in [3.05, 3.63) is 42.2 Å². The number of ether oxygens (including phenoxy) is 6. The van der Waals surface area contributed by atoms with Crippen molar-refractivity contribution in [3.8, 4) is 11.5 Å². The first-order valence-corrected chi connectivity index (χ1v) is 12.3. The van der Waals surface area contributed by atoms with Crippen LogP contribution in [-0.2, 0) is 23.7 Å². The van der Waals surface area contributed by atoms with E-state index >= 15 is 0 Å². The van der Waals surface area contributed by atoms with E-state index in [-0.39, 0.29) is 6.42 Å². The maximum Gasteiger partial charge on any atom is 0.331 e. The highest BCUT2D eigenvalue weighted by molar-refractivity contribution is 5.87. The second-order valence-electron chi connectivity index (χ2n) is 9.91. The Hall–Kier alpha value is -2.75. The van der Waals surface area contributed by atoms with Gasteiger partial charge in [-0.05, 0) is 36.8 Å². The van der Waals surface area contributed by atoms with E-state index in [1.807, 2.05) is 0 Å². The van der Waals surface area contributed by atoms with Crippen LogP contribution in [0.15, 0.2) is 36.6 Å². The number of hydrogen-bond donors (Lipinski definition) is 6. The van der Waals surface area contributed by atoms with E-state index in [0.29, 0.717) is 17.1 Å². The molecule has 0 unspecified atom stereocenters. The molecular weight excluding hydrogens is 520 g/mol. The molecule has 6 N–H and O–H groups in total. The van der Waals surface area contributed by atoms with Crippen molar-refractivity contribution in [2.45, 2.75) is 67.6 Å². The first-order chi connectivity index (χ1) is 18.5. The van der Waals surface area contributed by atoms with Gasteiger partial charge in [0.05, 0.1) is 39.1 Å². The van der Waals surface area contributed by atoms with Crippen molar-refractivity contribution < 1.29 is 63.9 Å². The number of aliphatic hydroxyl groups excluding tert-OH is 5. The molecule has 1 aliphatic carbocycles. The SMILES string of the molecule is COc1ccc(C=CC(=O)O[C@@]2(C)C[C@@H](O)[C@]3(O)C=CO[C@@H](O[C@@H]4O[C@H](CO)[C@@H](O)[C@H](O)[C@H]4O)[C@@H]32)cc1OC. The summed E-state index contributed by atoms with van der Waals surface area (Å²) in [6, 6.07) is 5.03. The minimum atomic E-state index is -1.95. The number of rotatable bonds is 8. The number of aliphatic hydroxyl groups is 6. The van der Waals surface area contributed by atoms with E-state index in [1.165, 1.54) is 39.4 Å². The number of carbonyl (C=O) groups is 1. The topological polar surface area (TPSA) is 194 Å². The number of carbonyl (C=O) groups excluding carboxylic acids is 1. The van der Waals surface area contributed by atoms with Gasteiger partial charge >= 0.3 is 5.97 Å². The van der Waals surface area contributed by atoms with Crippen molar-refractivity contribution >= 4 is 12.0 Å². The van der Waals surface area contributed by atoms with Gasteiger partial charge in [0.25, 0.3) is 0 Å². The highest BCUT2D eigenvalue weighted by Gasteiger charge is 2.66.